The number of benzene rings is 3. The SMILES string of the molecule is CC(c1ccc(-c2ccc(-c3csc4ccccc34)cc2)cc1)N(C)C. The van der Waals surface area contributed by atoms with Gasteiger partial charge in [0.1, 0.15) is 0 Å². The molecule has 4 rings (SSSR count). The lowest BCUT2D eigenvalue weighted by Gasteiger charge is -2.20. The molecule has 1 aromatic heterocycles. The quantitative estimate of drug-likeness (QED) is 0.386. The molecule has 3 aromatic carbocycles. The largest absolute Gasteiger partial charge is 0.303 e. The van der Waals surface area contributed by atoms with Crippen molar-refractivity contribution in [3.63, 3.8) is 0 Å². The van der Waals surface area contributed by atoms with Gasteiger partial charge in [0, 0.05) is 21.7 Å². The summed E-state index contributed by atoms with van der Waals surface area (Å²) in [6, 6.07) is 26.9. The molecule has 0 aliphatic carbocycles. The summed E-state index contributed by atoms with van der Waals surface area (Å²) >= 11 is 1.81. The average molecular weight is 358 g/mol. The first-order valence-electron chi connectivity index (χ1n) is 8.97. The van der Waals surface area contributed by atoms with Crippen LogP contribution >= 0.6 is 11.3 Å². The van der Waals surface area contributed by atoms with Crippen molar-refractivity contribution in [2.45, 2.75) is 13.0 Å². The molecule has 0 aliphatic heterocycles. The highest BCUT2D eigenvalue weighted by atomic mass is 32.1. The van der Waals surface area contributed by atoms with Crippen LogP contribution in [-0.4, -0.2) is 19.0 Å². The highest BCUT2D eigenvalue weighted by molar-refractivity contribution is 7.17. The maximum Gasteiger partial charge on any atom is 0.0349 e. The van der Waals surface area contributed by atoms with Gasteiger partial charge in [-0.15, -0.1) is 11.3 Å². The molecule has 1 atom stereocenters. The van der Waals surface area contributed by atoms with E-state index in [-0.39, 0.29) is 0 Å². The third kappa shape index (κ3) is 3.18. The van der Waals surface area contributed by atoms with E-state index < -0.39 is 0 Å². The Kier molecular flexibility index (Phi) is 4.62. The van der Waals surface area contributed by atoms with Crippen LogP contribution in [0.15, 0.2) is 78.2 Å². The van der Waals surface area contributed by atoms with E-state index in [0.717, 1.165) is 0 Å². The summed E-state index contributed by atoms with van der Waals surface area (Å²) in [5.74, 6) is 0. The number of nitrogens with zero attached hydrogens (tertiary/aromatic N) is 1. The van der Waals surface area contributed by atoms with Crippen LogP contribution in [0.5, 0.6) is 0 Å². The molecule has 0 saturated carbocycles. The van der Waals surface area contributed by atoms with Crippen LogP contribution in [0.3, 0.4) is 0 Å². The highest BCUT2D eigenvalue weighted by Gasteiger charge is 2.09. The molecule has 0 amide bonds. The molecule has 0 bridgehead atoms. The summed E-state index contributed by atoms with van der Waals surface area (Å²) in [7, 11) is 4.23. The van der Waals surface area contributed by atoms with Crippen molar-refractivity contribution in [1.82, 2.24) is 4.90 Å². The number of fused-ring (bicyclic) bond motifs is 1. The smallest absolute Gasteiger partial charge is 0.0349 e. The van der Waals surface area contributed by atoms with Crippen molar-refractivity contribution in [2.75, 3.05) is 14.1 Å². The molecule has 0 aliphatic rings. The average Bonchev–Trinajstić information content (AvgIpc) is 3.12. The van der Waals surface area contributed by atoms with Crippen LogP contribution in [0.25, 0.3) is 32.3 Å². The molecular weight excluding hydrogens is 334 g/mol. The predicted molar refractivity (Wildman–Crippen MR) is 115 cm³/mol. The van der Waals surface area contributed by atoms with E-state index in [9.17, 15) is 0 Å². The summed E-state index contributed by atoms with van der Waals surface area (Å²) in [4.78, 5) is 2.23. The molecule has 1 nitrogen and oxygen atoms in total. The minimum atomic E-state index is 0.429. The monoisotopic (exact) mass is 357 g/mol. The second-order valence-corrected chi connectivity index (χ2v) is 7.90. The molecule has 130 valence electrons. The molecule has 0 N–H and O–H groups in total. The Morgan fingerprint density at radius 3 is 1.96 bits per heavy atom. The zero-order valence-corrected chi connectivity index (χ0v) is 16.3. The lowest BCUT2D eigenvalue weighted by Crippen LogP contribution is -2.16. The van der Waals surface area contributed by atoms with Crippen LogP contribution in [0.2, 0.25) is 0 Å². The van der Waals surface area contributed by atoms with Gasteiger partial charge in [-0.25, -0.2) is 0 Å². The normalized spacial score (nSPS) is 12.6. The zero-order valence-electron chi connectivity index (χ0n) is 15.4. The van der Waals surface area contributed by atoms with Crippen molar-refractivity contribution in [2.24, 2.45) is 0 Å². The van der Waals surface area contributed by atoms with E-state index in [2.05, 4.69) is 104 Å². The molecule has 1 unspecified atom stereocenters. The molecule has 1 heterocycles. The third-order valence-electron chi connectivity index (χ3n) is 5.18. The van der Waals surface area contributed by atoms with Crippen molar-refractivity contribution in [1.29, 1.82) is 0 Å². The van der Waals surface area contributed by atoms with Crippen molar-refractivity contribution >= 4 is 21.4 Å². The van der Waals surface area contributed by atoms with Crippen LogP contribution in [0.4, 0.5) is 0 Å². The van der Waals surface area contributed by atoms with E-state index in [1.165, 1.54) is 37.9 Å². The highest BCUT2D eigenvalue weighted by Crippen LogP contribution is 2.34. The minimum Gasteiger partial charge on any atom is -0.303 e. The summed E-state index contributed by atoms with van der Waals surface area (Å²) in [6.45, 7) is 2.23. The van der Waals surface area contributed by atoms with Crippen molar-refractivity contribution in [3.8, 4) is 22.3 Å². The standard InChI is InChI=1S/C24H23NS/c1-17(25(2)3)18-8-10-19(11-9-18)20-12-14-21(15-13-20)23-16-26-24-7-5-4-6-22(23)24/h4-17H,1-3H3. The first-order valence-corrected chi connectivity index (χ1v) is 9.85. The van der Waals surface area contributed by atoms with Crippen LogP contribution < -0.4 is 0 Å². The topological polar surface area (TPSA) is 3.24 Å². The van der Waals surface area contributed by atoms with Crippen molar-refractivity contribution in [3.05, 3.63) is 83.7 Å². The van der Waals surface area contributed by atoms with Gasteiger partial charge < -0.3 is 4.90 Å². The molecule has 2 heteroatoms. The Labute approximate surface area is 159 Å². The fourth-order valence-electron chi connectivity index (χ4n) is 3.30. The van der Waals surface area contributed by atoms with Crippen LogP contribution in [-0.2, 0) is 0 Å². The van der Waals surface area contributed by atoms with Gasteiger partial charge in [0.15, 0.2) is 0 Å². The Bertz CT molecular complexity index is 1010. The Hall–Kier alpha value is -2.42. The summed E-state index contributed by atoms with van der Waals surface area (Å²) in [5, 5.41) is 3.60. The Balaban J connectivity index is 1.62. The van der Waals surface area contributed by atoms with Gasteiger partial charge in [-0.1, -0.05) is 66.7 Å². The Morgan fingerprint density at radius 2 is 1.31 bits per heavy atom. The summed E-state index contributed by atoms with van der Waals surface area (Å²) in [6.07, 6.45) is 0. The second kappa shape index (κ2) is 7.06. The van der Waals surface area contributed by atoms with Gasteiger partial charge in [-0.05, 0) is 54.7 Å². The van der Waals surface area contributed by atoms with Gasteiger partial charge in [0.25, 0.3) is 0 Å². The third-order valence-corrected chi connectivity index (χ3v) is 6.14. The first kappa shape index (κ1) is 17.0. The van der Waals surface area contributed by atoms with E-state index >= 15 is 0 Å². The predicted octanol–water partition coefficient (Wildman–Crippen LogP) is 6.86. The molecule has 0 fully saturated rings. The number of thiophene rings is 1. The minimum absolute atomic E-state index is 0.429. The first-order chi connectivity index (χ1) is 12.6. The fraction of sp³-hybridized carbons (Fsp3) is 0.167. The molecule has 0 radical (unpaired) electrons. The lowest BCUT2D eigenvalue weighted by molar-refractivity contribution is 0.321. The summed E-state index contributed by atoms with van der Waals surface area (Å²) in [5.41, 5.74) is 6.48. The number of hydrogen-bond acceptors (Lipinski definition) is 2. The van der Waals surface area contributed by atoms with Gasteiger partial charge in [0.2, 0.25) is 0 Å². The number of hydrogen-bond donors (Lipinski definition) is 0. The van der Waals surface area contributed by atoms with E-state index in [1.807, 2.05) is 11.3 Å². The molecular formula is C24H23NS. The lowest BCUT2D eigenvalue weighted by atomic mass is 9.98. The van der Waals surface area contributed by atoms with Crippen LogP contribution in [0, 0.1) is 0 Å². The molecule has 26 heavy (non-hydrogen) atoms. The molecule has 0 spiro atoms. The zero-order chi connectivity index (χ0) is 18.1. The van der Waals surface area contributed by atoms with E-state index in [0.29, 0.717) is 6.04 Å². The van der Waals surface area contributed by atoms with E-state index in [4.69, 9.17) is 0 Å². The van der Waals surface area contributed by atoms with E-state index in [1.54, 1.807) is 0 Å². The number of rotatable bonds is 4. The molecule has 4 aromatic rings. The Morgan fingerprint density at radius 1 is 0.731 bits per heavy atom. The van der Waals surface area contributed by atoms with Gasteiger partial charge in [-0.2, -0.15) is 0 Å². The maximum atomic E-state index is 2.26. The van der Waals surface area contributed by atoms with Crippen molar-refractivity contribution < 1.29 is 0 Å². The molecule has 0 saturated heterocycles. The van der Waals surface area contributed by atoms with Gasteiger partial charge in [0.05, 0.1) is 0 Å². The maximum absolute atomic E-state index is 2.26. The van der Waals surface area contributed by atoms with Gasteiger partial charge in [-0.3, -0.25) is 0 Å². The fourth-order valence-corrected chi connectivity index (χ4v) is 4.27. The second-order valence-electron chi connectivity index (χ2n) is 6.98. The van der Waals surface area contributed by atoms with Gasteiger partial charge >= 0.3 is 0 Å². The van der Waals surface area contributed by atoms with Crippen LogP contribution in [0.1, 0.15) is 18.5 Å². The summed E-state index contributed by atoms with van der Waals surface area (Å²) < 4.78 is 1.34.